The van der Waals surface area contributed by atoms with Gasteiger partial charge in [0.2, 0.25) is 0 Å². The van der Waals surface area contributed by atoms with Gasteiger partial charge >= 0.3 is 0 Å². The van der Waals surface area contributed by atoms with Crippen molar-refractivity contribution in [2.24, 2.45) is 4.99 Å². The normalized spacial score (nSPS) is 14.0. The number of rotatable bonds is 8. The fraction of sp³-hybridized carbons (Fsp3) is 0.476. The fourth-order valence-electron chi connectivity index (χ4n) is 3.51. The predicted molar refractivity (Wildman–Crippen MR) is 128 cm³/mol. The minimum absolute atomic E-state index is 0. The molecule has 0 spiro atoms. The van der Waals surface area contributed by atoms with Gasteiger partial charge in [-0.2, -0.15) is 0 Å². The summed E-state index contributed by atoms with van der Waals surface area (Å²) in [5.41, 5.74) is 2.67. The lowest BCUT2D eigenvalue weighted by atomic mass is 9.99. The van der Waals surface area contributed by atoms with Crippen molar-refractivity contribution in [1.82, 2.24) is 20.1 Å². The summed E-state index contributed by atoms with van der Waals surface area (Å²) in [5, 5.41) is 6.76. The molecule has 8 heteroatoms. The second-order valence-corrected chi connectivity index (χ2v) is 6.85. The predicted octanol–water partition coefficient (Wildman–Crippen LogP) is 2.35. The van der Waals surface area contributed by atoms with E-state index >= 15 is 0 Å². The summed E-state index contributed by atoms with van der Waals surface area (Å²) < 4.78 is 13.0. The first-order valence-corrected chi connectivity index (χ1v) is 9.75. The van der Waals surface area contributed by atoms with Crippen LogP contribution in [0, 0.1) is 0 Å². The van der Waals surface area contributed by atoms with Gasteiger partial charge in [0.15, 0.2) is 17.5 Å². The molecular formula is C21H32IN5O2. The molecule has 0 atom stereocenters. The highest BCUT2D eigenvalue weighted by molar-refractivity contribution is 14.0. The van der Waals surface area contributed by atoms with Crippen molar-refractivity contribution >= 4 is 29.9 Å². The lowest BCUT2D eigenvalue weighted by Crippen LogP contribution is -2.43. The number of ether oxygens (including phenoxy) is 2. The summed E-state index contributed by atoms with van der Waals surface area (Å²) in [6.07, 6.45) is 5.16. The molecule has 1 aromatic heterocycles. The standard InChI is InChI=1S/C21H31N5O2.HI/c1-22-21(23-7-12-25-9-4-5-10-25)24-8-13-26-11-6-17-14-19(27-2)20(28-3)15-18(17)16-26;/h4-5,9-10,14-15H,6-8,11-13,16H2,1-3H3,(H2,22,23,24);1H. The Bertz CT molecular complexity index is 780. The number of fused-ring (bicyclic) bond motifs is 1. The molecule has 29 heavy (non-hydrogen) atoms. The maximum absolute atomic E-state index is 5.45. The summed E-state index contributed by atoms with van der Waals surface area (Å²) in [7, 11) is 5.18. The second kappa shape index (κ2) is 11.9. The molecule has 2 N–H and O–H groups in total. The number of hydrogen-bond acceptors (Lipinski definition) is 4. The summed E-state index contributed by atoms with van der Waals surface area (Å²) in [6.45, 7) is 5.55. The van der Waals surface area contributed by atoms with E-state index in [1.54, 1.807) is 14.2 Å². The van der Waals surface area contributed by atoms with Crippen LogP contribution in [0.2, 0.25) is 0 Å². The molecule has 0 fully saturated rings. The molecule has 0 aliphatic carbocycles. The van der Waals surface area contributed by atoms with Crippen LogP contribution in [0.5, 0.6) is 11.5 Å². The topological polar surface area (TPSA) is 63.1 Å². The number of hydrogen-bond donors (Lipinski definition) is 2. The Morgan fingerprint density at radius 2 is 1.62 bits per heavy atom. The van der Waals surface area contributed by atoms with E-state index in [9.17, 15) is 0 Å². The number of nitrogens with zero attached hydrogens (tertiary/aromatic N) is 3. The molecule has 3 rings (SSSR count). The molecule has 2 heterocycles. The SMILES string of the molecule is CN=C(NCCN1CCc2cc(OC)c(OC)cc2C1)NCCn1cccc1.I. The Balaban J connectivity index is 0.00000300. The Kier molecular flexibility index (Phi) is 9.59. The molecule has 0 radical (unpaired) electrons. The largest absolute Gasteiger partial charge is 0.493 e. The molecule has 7 nitrogen and oxygen atoms in total. The third kappa shape index (κ3) is 6.53. The number of benzene rings is 1. The minimum atomic E-state index is 0. The summed E-state index contributed by atoms with van der Waals surface area (Å²) >= 11 is 0. The van der Waals surface area contributed by atoms with Crippen molar-refractivity contribution in [3.63, 3.8) is 0 Å². The van der Waals surface area contributed by atoms with Gasteiger partial charge in [0.25, 0.3) is 0 Å². The Morgan fingerprint density at radius 3 is 2.24 bits per heavy atom. The first kappa shape index (κ1) is 23.3. The van der Waals surface area contributed by atoms with Crippen molar-refractivity contribution < 1.29 is 9.47 Å². The molecule has 0 saturated heterocycles. The number of halogens is 1. The zero-order valence-electron chi connectivity index (χ0n) is 17.5. The Hall–Kier alpha value is -1.94. The molecule has 0 bridgehead atoms. The van der Waals surface area contributed by atoms with Gasteiger partial charge in [0, 0.05) is 58.7 Å². The lowest BCUT2D eigenvalue weighted by molar-refractivity contribution is 0.256. The second-order valence-electron chi connectivity index (χ2n) is 6.85. The highest BCUT2D eigenvalue weighted by atomic mass is 127. The van der Waals surface area contributed by atoms with Crippen LogP contribution in [0.1, 0.15) is 11.1 Å². The molecule has 0 unspecified atom stereocenters. The number of aliphatic imine (C=N–C) groups is 1. The van der Waals surface area contributed by atoms with Crippen LogP contribution in [-0.4, -0.2) is 62.9 Å². The number of guanidine groups is 1. The minimum Gasteiger partial charge on any atom is -0.493 e. The van der Waals surface area contributed by atoms with Gasteiger partial charge in [-0.15, -0.1) is 24.0 Å². The van der Waals surface area contributed by atoms with E-state index in [4.69, 9.17) is 9.47 Å². The van der Waals surface area contributed by atoms with Gasteiger partial charge in [-0.25, -0.2) is 0 Å². The average molecular weight is 513 g/mol. The maximum atomic E-state index is 5.45. The van der Waals surface area contributed by atoms with Crippen LogP contribution in [0.3, 0.4) is 0 Å². The van der Waals surface area contributed by atoms with Gasteiger partial charge in [-0.3, -0.25) is 9.89 Å². The highest BCUT2D eigenvalue weighted by Crippen LogP contribution is 2.33. The van der Waals surface area contributed by atoms with E-state index in [0.717, 1.165) is 63.1 Å². The summed E-state index contributed by atoms with van der Waals surface area (Å²) in [6, 6.07) is 8.29. The molecular weight excluding hydrogens is 481 g/mol. The third-order valence-electron chi connectivity index (χ3n) is 5.07. The Labute approximate surface area is 190 Å². The summed E-state index contributed by atoms with van der Waals surface area (Å²) in [4.78, 5) is 6.76. The highest BCUT2D eigenvalue weighted by Gasteiger charge is 2.19. The van der Waals surface area contributed by atoms with Crippen molar-refractivity contribution in [1.29, 1.82) is 0 Å². The van der Waals surface area contributed by atoms with Crippen LogP contribution in [0.15, 0.2) is 41.7 Å². The molecule has 0 amide bonds. The van der Waals surface area contributed by atoms with Gasteiger partial charge in [-0.05, 0) is 41.8 Å². The average Bonchev–Trinajstić information content (AvgIpc) is 3.25. The van der Waals surface area contributed by atoms with E-state index in [1.165, 1.54) is 11.1 Å². The fourth-order valence-corrected chi connectivity index (χ4v) is 3.51. The molecule has 2 aromatic rings. The van der Waals surface area contributed by atoms with Crippen LogP contribution in [0.4, 0.5) is 0 Å². The Morgan fingerprint density at radius 1 is 1.00 bits per heavy atom. The molecule has 1 aromatic carbocycles. The van der Waals surface area contributed by atoms with E-state index in [1.807, 2.05) is 19.2 Å². The molecule has 160 valence electrons. The third-order valence-corrected chi connectivity index (χ3v) is 5.07. The number of methoxy groups -OCH3 is 2. The van der Waals surface area contributed by atoms with Gasteiger partial charge in [0.1, 0.15) is 0 Å². The van der Waals surface area contributed by atoms with Crippen molar-refractivity contribution in [3.8, 4) is 11.5 Å². The zero-order chi connectivity index (χ0) is 19.8. The van der Waals surface area contributed by atoms with Crippen LogP contribution in [-0.2, 0) is 19.5 Å². The van der Waals surface area contributed by atoms with E-state index < -0.39 is 0 Å². The first-order chi connectivity index (χ1) is 13.7. The number of nitrogens with one attached hydrogen (secondary N) is 2. The zero-order valence-corrected chi connectivity index (χ0v) is 19.8. The maximum Gasteiger partial charge on any atom is 0.191 e. The van der Waals surface area contributed by atoms with Gasteiger partial charge in [0.05, 0.1) is 14.2 Å². The summed E-state index contributed by atoms with van der Waals surface area (Å²) in [5.74, 6) is 2.45. The van der Waals surface area contributed by atoms with E-state index in [-0.39, 0.29) is 24.0 Å². The quantitative estimate of drug-likeness (QED) is 0.323. The van der Waals surface area contributed by atoms with Crippen LogP contribution in [0.25, 0.3) is 0 Å². The van der Waals surface area contributed by atoms with Gasteiger partial charge < -0.3 is 24.7 Å². The van der Waals surface area contributed by atoms with Crippen molar-refractivity contribution in [2.45, 2.75) is 19.5 Å². The van der Waals surface area contributed by atoms with Crippen molar-refractivity contribution in [3.05, 3.63) is 47.8 Å². The molecule has 0 saturated carbocycles. The van der Waals surface area contributed by atoms with Crippen LogP contribution >= 0.6 is 24.0 Å². The lowest BCUT2D eigenvalue weighted by Gasteiger charge is -2.29. The van der Waals surface area contributed by atoms with Gasteiger partial charge in [-0.1, -0.05) is 0 Å². The molecule has 1 aliphatic rings. The van der Waals surface area contributed by atoms with Crippen LogP contribution < -0.4 is 20.1 Å². The number of aromatic nitrogens is 1. The van der Waals surface area contributed by atoms with E-state index in [0.29, 0.717) is 0 Å². The molecule has 1 aliphatic heterocycles. The smallest absolute Gasteiger partial charge is 0.191 e. The monoisotopic (exact) mass is 513 g/mol. The van der Waals surface area contributed by atoms with Crippen molar-refractivity contribution in [2.75, 3.05) is 47.4 Å². The first-order valence-electron chi connectivity index (χ1n) is 9.75. The van der Waals surface area contributed by atoms with E-state index in [2.05, 4.69) is 49.6 Å².